The Kier molecular flexibility index (Phi) is 4.94. The Morgan fingerprint density at radius 2 is 1.48 bits per heavy atom. The average Bonchev–Trinajstić information content (AvgIpc) is 2.78. The van der Waals surface area contributed by atoms with Crippen molar-refractivity contribution in [2.45, 2.75) is 6.92 Å². The fourth-order valence-corrected chi connectivity index (χ4v) is 2.89. The summed E-state index contributed by atoms with van der Waals surface area (Å²) in [6.07, 6.45) is 0. The first kappa shape index (κ1) is 18.2. The van der Waals surface area contributed by atoms with Gasteiger partial charge in [0.1, 0.15) is 0 Å². The summed E-state index contributed by atoms with van der Waals surface area (Å²) >= 11 is 0. The number of methoxy groups -OCH3 is 1. The normalized spacial score (nSPS) is 10.4. The molecule has 0 aliphatic heterocycles. The molecule has 3 rings (SSSR count). The lowest BCUT2D eigenvalue weighted by molar-refractivity contribution is 0.103. The van der Waals surface area contributed by atoms with Crippen LogP contribution in [0.3, 0.4) is 0 Å². The van der Waals surface area contributed by atoms with Gasteiger partial charge in [0.2, 0.25) is 5.75 Å². The molecule has 0 radical (unpaired) electrons. The number of benzene rings is 2. The lowest BCUT2D eigenvalue weighted by atomic mass is 9.97. The molecule has 0 bridgehead atoms. The van der Waals surface area contributed by atoms with Gasteiger partial charge in [0.15, 0.2) is 17.3 Å². The minimum atomic E-state index is -1.05. The number of hydrogen-bond donors (Lipinski definition) is 2. The number of carbonyl (C=O) groups excluding carboxylic acids is 1. The van der Waals surface area contributed by atoms with Crippen molar-refractivity contribution >= 4 is 5.78 Å². The molecule has 27 heavy (non-hydrogen) atoms. The van der Waals surface area contributed by atoms with Crippen LogP contribution in [0.15, 0.2) is 65.5 Å². The highest BCUT2D eigenvalue weighted by atomic mass is 16.5. The molecule has 0 aliphatic rings. The summed E-state index contributed by atoms with van der Waals surface area (Å²) < 4.78 is 4.95. The van der Waals surface area contributed by atoms with E-state index in [1.54, 1.807) is 31.2 Å². The number of aromatic hydroxyl groups is 2. The van der Waals surface area contributed by atoms with Crippen LogP contribution in [-0.4, -0.2) is 23.1 Å². The van der Waals surface area contributed by atoms with E-state index in [4.69, 9.17) is 4.74 Å². The topological polar surface area (TPSA) is 83.8 Å². The van der Waals surface area contributed by atoms with Crippen LogP contribution in [-0.2, 0) is 0 Å². The predicted octanol–water partition coefficient (Wildman–Crippen LogP) is 3.67. The van der Waals surface area contributed by atoms with E-state index in [-0.39, 0.29) is 11.3 Å². The largest absolute Gasteiger partial charge is 0.504 e. The maximum absolute atomic E-state index is 12.9. The van der Waals surface area contributed by atoms with Crippen molar-refractivity contribution in [3.05, 3.63) is 87.6 Å². The summed E-state index contributed by atoms with van der Waals surface area (Å²) in [6.45, 7) is 1.56. The lowest BCUT2D eigenvalue weighted by Crippen LogP contribution is -2.07. The molecule has 0 atom stereocenters. The Bertz CT molecular complexity index is 1050. The molecule has 0 amide bonds. The van der Waals surface area contributed by atoms with E-state index in [0.29, 0.717) is 11.1 Å². The Balaban J connectivity index is 2.08. The molecule has 0 spiro atoms. The van der Waals surface area contributed by atoms with Crippen LogP contribution in [0.1, 0.15) is 21.5 Å². The lowest BCUT2D eigenvalue weighted by Gasteiger charge is -2.06. The number of ether oxygens (including phenoxy) is 1. The minimum absolute atomic E-state index is 0.105. The van der Waals surface area contributed by atoms with Crippen molar-refractivity contribution in [2.75, 3.05) is 7.11 Å². The van der Waals surface area contributed by atoms with Gasteiger partial charge in [0, 0.05) is 5.56 Å². The summed E-state index contributed by atoms with van der Waals surface area (Å²) in [4.78, 5) is 25.1. The molecule has 3 aromatic carbocycles. The monoisotopic (exact) mass is 362 g/mol. The van der Waals surface area contributed by atoms with Gasteiger partial charge >= 0.3 is 0 Å². The quantitative estimate of drug-likeness (QED) is 0.692. The molecule has 0 fully saturated rings. The van der Waals surface area contributed by atoms with E-state index in [1.807, 2.05) is 30.3 Å². The van der Waals surface area contributed by atoms with Gasteiger partial charge in [0.25, 0.3) is 5.43 Å². The molecule has 0 saturated heterocycles. The van der Waals surface area contributed by atoms with Gasteiger partial charge in [-0.3, -0.25) is 9.59 Å². The fourth-order valence-electron chi connectivity index (χ4n) is 2.89. The molecule has 5 heteroatoms. The van der Waals surface area contributed by atoms with Crippen LogP contribution >= 0.6 is 0 Å². The third-order valence-corrected chi connectivity index (χ3v) is 4.34. The molecule has 0 unspecified atom stereocenters. The minimum Gasteiger partial charge on any atom is -0.504 e. The summed E-state index contributed by atoms with van der Waals surface area (Å²) in [5.41, 5.74) is 1.37. The van der Waals surface area contributed by atoms with Gasteiger partial charge < -0.3 is 14.9 Å². The molecular formula is C22H18O5. The van der Waals surface area contributed by atoms with Gasteiger partial charge in [-0.05, 0) is 29.7 Å². The zero-order valence-corrected chi connectivity index (χ0v) is 14.9. The number of aryl methyl sites for hydroxylation is 1. The predicted molar refractivity (Wildman–Crippen MR) is 103 cm³/mol. The van der Waals surface area contributed by atoms with Crippen LogP contribution < -0.4 is 10.2 Å². The smallest absolute Gasteiger partial charge is 0.266 e. The third-order valence-electron chi connectivity index (χ3n) is 4.34. The van der Waals surface area contributed by atoms with E-state index in [9.17, 15) is 19.8 Å². The summed E-state index contributed by atoms with van der Waals surface area (Å²) in [6, 6.07) is 17.9. The highest BCUT2D eigenvalue weighted by Gasteiger charge is 2.21. The van der Waals surface area contributed by atoms with E-state index >= 15 is 0 Å². The maximum Gasteiger partial charge on any atom is 0.266 e. The molecule has 0 aliphatic carbocycles. The van der Waals surface area contributed by atoms with Gasteiger partial charge in [-0.2, -0.15) is 0 Å². The van der Waals surface area contributed by atoms with Crippen molar-refractivity contribution in [3.8, 4) is 28.4 Å². The first-order chi connectivity index (χ1) is 12.9. The molecule has 3 aromatic rings. The van der Waals surface area contributed by atoms with E-state index in [0.717, 1.165) is 11.1 Å². The summed E-state index contributed by atoms with van der Waals surface area (Å²) in [5.74, 6) is -2.16. The third kappa shape index (κ3) is 3.40. The zero-order valence-electron chi connectivity index (χ0n) is 14.9. The second kappa shape index (κ2) is 7.33. The molecule has 2 N–H and O–H groups in total. The van der Waals surface area contributed by atoms with Crippen molar-refractivity contribution in [1.82, 2.24) is 0 Å². The molecule has 136 valence electrons. The van der Waals surface area contributed by atoms with Gasteiger partial charge in [0.05, 0.1) is 12.7 Å². The van der Waals surface area contributed by atoms with Gasteiger partial charge in [-0.25, -0.2) is 0 Å². The first-order valence-electron chi connectivity index (χ1n) is 8.28. The van der Waals surface area contributed by atoms with Crippen LogP contribution in [0.4, 0.5) is 0 Å². The highest BCUT2D eigenvalue weighted by molar-refractivity contribution is 6.11. The Morgan fingerprint density at radius 1 is 0.889 bits per heavy atom. The fraction of sp³-hybridized carbons (Fsp3) is 0.0909. The first-order valence-corrected chi connectivity index (χ1v) is 8.28. The molecule has 0 heterocycles. The van der Waals surface area contributed by atoms with Crippen LogP contribution in [0.2, 0.25) is 0 Å². The van der Waals surface area contributed by atoms with Gasteiger partial charge in [-0.15, -0.1) is 0 Å². The molecule has 5 nitrogen and oxygen atoms in total. The number of ketones is 1. The van der Waals surface area contributed by atoms with E-state index in [1.165, 1.54) is 13.2 Å². The zero-order chi connectivity index (χ0) is 19.6. The van der Waals surface area contributed by atoms with Crippen LogP contribution in [0.25, 0.3) is 11.1 Å². The van der Waals surface area contributed by atoms with E-state index in [2.05, 4.69) is 0 Å². The Hall–Kier alpha value is -3.60. The van der Waals surface area contributed by atoms with Crippen LogP contribution in [0.5, 0.6) is 17.2 Å². The highest BCUT2D eigenvalue weighted by Crippen LogP contribution is 2.29. The maximum atomic E-state index is 12.9. The average molecular weight is 362 g/mol. The second-order valence-electron chi connectivity index (χ2n) is 6.07. The SMILES string of the molecule is COc1cc(C)c(C(=O)c2ccc(-c3ccccc3)cc2)c(O)c(=O)c1O. The summed E-state index contributed by atoms with van der Waals surface area (Å²) in [7, 11) is 1.29. The molecule has 0 saturated carbocycles. The molecular weight excluding hydrogens is 344 g/mol. The number of rotatable bonds is 4. The number of carbonyl (C=O) groups is 1. The Morgan fingerprint density at radius 3 is 2.07 bits per heavy atom. The Labute approximate surface area is 156 Å². The van der Waals surface area contributed by atoms with Crippen LogP contribution in [0, 0.1) is 6.92 Å². The van der Waals surface area contributed by atoms with Crippen molar-refractivity contribution < 1.29 is 19.7 Å². The van der Waals surface area contributed by atoms with Crippen molar-refractivity contribution in [2.24, 2.45) is 0 Å². The molecule has 0 aromatic heterocycles. The second-order valence-corrected chi connectivity index (χ2v) is 6.07. The van der Waals surface area contributed by atoms with E-state index < -0.39 is 22.7 Å². The number of hydrogen-bond acceptors (Lipinski definition) is 5. The van der Waals surface area contributed by atoms with Crippen molar-refractivity contribution in [1.29, 1.82) is 0 Å². The van der Waals surface area contributed by atoms with Gasteiger partial charge in [-0.1, -0.05) is 54.6 Å². The van der Waals surface area contributed by atoms with Crippen molar-refractivity contribution in [3.63, 3.8) is 0 Å². The summed E-state index contributed by atoms with van der Waals surface area (Å²) in [5, 5.41) is 20.1. The standard InChI is InChI=1S/C22H18O5/c1-13-12-17(27-2)20(24)22(26)21(25)18(13)19(23)16-10-8-15(9-11-16)14-6-4-3-5-7-14/h3-12H,1-2H3,(H2,24,25,26).